The quantitative estimate of drug-likeness (QED) is 0.491. The highest BCUT2D eigenvalue weighted by Gasteiger charge is 2.40. The summed E-state index contributed by atoms with van der Waals surface area (Å²) in [6.07, 6.45) is -3.66. The molecule has 0 amide bonds. The highest BCUT2D eigenvalue weighted by Crippen LogP contribution is 2.21. The van der Waals surface area contributed by atoms with Gasteiger partial charge in [-0.25, -0.2) is 8.78 Å². The second-order valence-corrected chi connectivity index (χ2v) is 1.59. The molecule has 0 spiro atoms. The summed E-state index contributed by atoms with van der Waals surface area (Å²) in [5, 5.41) is 0. The number of hydroxylamine groups is 1. The molecule has 6 heteroatoms. The van der Waals surface area contributed by atoms with E-state index in [1.165, 1.54) is 0 Å². The van der Waals surface area contributed by atoms with Crippen molar-refractivity contribution in [1.29, 1.82) is 0 Å². The van der Waals surface area contributed by atoms with E-state index in [1.807, 2.05) is 0 Å². The molecule has 0 unspecified atom stereocenters. The lowest BCUT2D eigenvalue weighted by atomic mass is 10.4. The molecule has 0 atom stereocenters. The summed E-state index contributed by atoms with van der Waals surface area (Å²) in [7, 11) is 1.07. The molecule has 0 rings (SSSR count). The second kappa shape index (κ2) is 3.72. The summed E-state index contributed by atoms with van der Waals surface area (Å²) in [6.45, 7) is -1.18. The van der Waals surface area contributed by atoms with Crippen LogP contribution in [0.2, 0.25) is 0 Å². The fourth-order valence-corrected chi connectivity index (χ4v) is 0.246. The Bertz CT molecular complexity index is 97.3. The van der Waals surface area contributed by atoms with Gasteiger partial charge in [0.15, 0.2) is 0 Å². The topological polar surface area (TPSA) is 21.3 Å². The highest BCUT2D eigenvalue weighted by molar-refractivity contribution is 4.69. The molecule has 0 saturated carbocycles. The third-order valence-corrected chi connectivity index (χ3v) is 0.771. The third-order valence-electron chi connectivity index (χ3n) is 0.771. The Balaban J connectivity index is 3.63. The minimum Gasteiger partial charge on any atom is -0.305 e. The normalized spacial score (nSPS) is 12.6. The largest absolute Gasteiger partial charge is 0.321 e. The van der Waals surface area contributed by atoms with Gasteiger partial charge in [-0.2, -0.15) is 14.3 Å². The van der Waals surface area contributed by atoms with E-state index >= 15 is 0 Å². The smallest absolute Gasteiger partial charge is 0.305 e. The van der Waals surface area contributed by atoms with Crippen LogP contribution < -0.4 is 5.48 Å². The maximum absolute atomic E-state index is 11.8. The van der Waals surface area contributed by atoms with Gasteiger partial charge in [-0.15, -0.1) is 0 Å². The maximum Gasteiger partial charge on any atom is 0.321 e. The van der Waals surface area contributed by atoms with E-state index in [2.05, 4.69) is 4.84 Å². The zero-order valence-electron chi connectivity index (χ0n) is 5.20. The molecule has 10 heavy (non-hydrogen) atoms. The highest BCUT2D eigenvalue weighted by atomic mass is 19.3. The van der Waals surface area contributed by atoms with Gasteiger partial charge in [-0.05, 0) is 0 Å². The van der Waals surface area contributed by atoms with Crippen LogP contribution in [0.25, 0.3) is 0 Å². The van der Waals surface area contributed by atoms with Crippen molar-refractivity contribution < 1.29 is 22.4 Å². The molecular formula is C4H7F4NO. The molecule has 0 fully saturated rings. The first-order valence-corrected chi connectivity index (χ1v) is 2.42. The molecule has 0 heterocycles. The van der Waals surface area contributed by atoms with Crippen LogP contribution in [0, 0.1) is 0 Å². The fourth-order valence-electron chi connectivity index (χ4n) is 0.246. The Kier molecular flexibility index (Phi) is 3.59. The average Bonchev–Trinajstić information content (AvgIpc) is 1.84. The van der Waals surface area contributed by atoms with Crippen LogP contribution in [-0.2, 0) is 4.84 Å². The number of hydrogen-bond acceptors (Lipinski definition) is 2. The molecule has 0 radical (unpaired) electrons. The van der Waals surface area contributed by atoms with E-state index in [-0.39, 0.29) is 0 Å². The number of hydrogen-bond donors (Lipinski definition) is 1. The fraction of sp³-hybridized carbons (Fsp3) is 1.00. The van der Waals surface area contributed by atoms with Crippen LogP contribution in [0.4, 0.5) is 17.6 Å². The van der Waals surface area contributed by atoms with Crippen molar-refractivity contribution in [3.8, 4) is 0 Å². The van der Waals surface area contributed by atoms with Gasteiger partial charge in [0, 0.05) is 0 Å². The van der Waals surface area contributed by atoms with E-state index in [9.17, 15) is 17.6 Å². The van der Waals surface area contributed by atoms with Gasteiger partial charge < -0.3 is 4.84 Å². The van der Waals surface area contributed by atoms with E-state index in [4.69, 9.17) is 0 Å². The molecule has 2 nitrogen and oxygen atoms in total. The molecule has 0 aliphatic rings. The lowest BCUT2D eigenvalue weighted by Gasteiger charge is -2.14. The zero-order valence-corrected chi connectivity index (χ0v) is 5.20. The van der Waals surface area contributed by atoms with Crippen LogP contribution in [0.1, 0.15) is 0 Å². The van der Waals surface area contributed by atoms with Gasteiger partial charge in [0.25, 0.3) is 0 Å². The minimum absolute atomic E-state index is 1.07. The van der Waals surface area contributed by atoms with E-state index in [0.717, 1.165) is 7.11 Å². The van der Waals surface area contributed by atoms with Crippen LogP contribution in [0.3, 0.4) is 0 Å². The first kappa shape index (κ1) is 9.64. The Morgan fingerprint density at radius 3 is 2.30 bits per heavy atom. The van der Waals surface area contributed by atoms with Gasteiger partial charge in [0.05, 0.1) is 13.7 Å². The van der Waals surface area contributed by atoms with Crippen LogP contribution in [-0.4, -0.2) is 26.0 Å². The molecule has 0 bridgehead atoms. The molecule has 0 aromatic heterocycles. The number of nitrogens with one attached hydrogen (secondary N) is 1. The Hall–Kier alpha value is -0.360. The van der Waals surface area contributed by atoms with Crippen molar-refractivity contribution in [1.82, 2.24) is 5.48 Å². The van der Waals surface area contributed by atoms with Crippen molar-refractivity contribution in [2.24, 2.45) is 0 Å². The summed E-state index contributed by atoms with van der Waals surface area (Å²) < 4.78 is 46.3. The number of halogens is 4. The predicted octanol–water partition coefficient (Wildman–Crippen LogP) is 1.04. The Morgan fingerprint density at radius 1 is 1.50 bits per heavy atom. The van der Waals surface area contributed by atoms with Crippen molar-refractivity contribution in [3.05, 3.63) is 0 Å². The van der Waals surface area contributed by atoms with Crippen LogP contribution in [0.5, 0.6) is 0 Å². The monoisotopic (exact) mass is 161 g/mol. The first-order valence-electron chi connectivity index (χ1n) is 2.42. The number of alkyl halides is 4. The van der Waals surface area contributed by atoms with Gasteiger partial charge in [-0.3, -0.25) is 0 Å². The van der Waals surface area contributed by atoms with E-state index in [0.29, 0.717) is 0 Å². The lowest BCUT2D eigenvalue weighted by molar-refractivity contribution is -0.141. The summed E-state index contributed by atoms with van der Waals surface area (Å²) in [6, 6.07) is 0. The maximum atomic E-state index is 11.8. The predicted molar refractivity (Wildman–Crippen MR) is 26.0 cm³/mol. The van der Waals surface area contributed by atoms with Crippen molar-refractivity contribution in [2.75, 3.05) is 13.7 Å². The Labute approximate surface area is 55.1 Å². The molecule has 0 aliphatic carbocycles. The summed E-state index contributed by atoms with van der Waals surface area (Å²) in [5.74, 6) is -4.02. The number of rotatable bonds is 4. The van der Waals surface area contributed by atoms with Gasteiger partial charge in [0.1, 0.15) is 0 Å². The molecule has 0 aromatic rings. The van der Waals surface area contributed by atoms with E-state index < -0.39 is 18.9 Å². The standard InChI is InChI=1S/C4H7F4NO/c1-10-9-2-4(7,8)3(5)6/h3,9H,2H2,1H3. The van der Waals surface area contributed by atoms with E-state index in [1.54, 1.807) is 5.48 Å². The molecule has 1 N–H and O–H groups in total. The summed E-state index contributed by atoms with van der Waals surface area (Å²) >= 11 is 0. The Morgan fingerprint density at radius 2 is 2.00 bits per heavy atom. The van der Waals surface area contributed by atoms with Gasteiger partial charge in [-0.1, -0.05) is 0 Å². The third kappa shape index (κ3) is 2.98. The molecule has 62 valence electrons. The van der Waals surface area contributed by atoms with Gasteiger partial charge >= 0.3 is 12.3 Å². The van der Waals surface area contributed by atoms with Crippen molar-refractivity contribution in [3.63, 3.8) is 0 Å². The lowest BCUT2D eigenvalue weighted by Crippen LogP contribution is -2.38. The van der Waals surface area contributed by atoms with Gasteiger partial charge in [0.2, 0.25) is 0 Å². The molecule has 0 aromatic carbocycles. The average molecular weight is 161 g/mol. The zero-order chi connectivity index (χ0) is 8.20. The molecular weight excluding hydrogens is 154 g/mol. The minimum atomic E-state index is -4.02. The van der Waals surface area contributed by atoms with Crippen LogP contribution >= 0.6 is 0 Å². The summed E-state index contributed by atoms with van der Waals surface area (Å²) in [4.78, 5) is 3.96. The van der Waals surface area contributed by atoms with Crippen LogP contribution in [0.15, 0.2) is 0 Å². The SMILES string of the molecule is CONCC(F)(F)C(F)F. The molecule has 0 aliphatic heterocycles. The van der Waals surface area contributed by atoms with Crippen molar-refractivity contribution in [2.45, 2.75) is 12.3 Å². The molecule has 0 saturated heterocycles. The van der Waals surface area contributed by atoms with Crippen molar-refractivity contribution >= 4 is 0 Å². The second-order valence-electron chi connectivity index (χ2n) is 1.59. The summed E-state index contributed by atoms with van der Waals surface area (Å²) in [5.41, 5.74) is 1.64. The first-order chi connectivity index (χ1) is 4.50.